The fraction of sp³-hybridized carbons (Fsp3) is 0.917. The van der Waals surface area contributed by atoms with Crippen molar-refractivity contribution in [2.45, 2.75) is 53.5 Å². The molecule has 82 valence electrons. The van der Waals surface area contributed by atoms with E-state index in [1.165, 1.54) is 6.42 Å². The third kappa shape index (κ3) is 5.24. The lowest BCUT2D eigenvalue weighted by Gasteiger charge is -2.28. The highest BCUT2D eigenvalue weighted by Gasteiger charge is 2.18. The summed E-state index contributed by atoms with van der Waals surface area (Å²) in [7, 11) is 0. The van der Waals surface area contributed by atoms with E-state index in [2.05, 4.69) is 31.7 Å². The Balaban J connectivity index is 4.01. The van der Waals surface area contributed by atoms with Gasteiger partial charge in [-0.2, -0.15) is 5.26 Å². The third-order valence-corrected chi connectivity index (χ3v) is 2.57. The second kappa shape index (κ2) is 6.03. The summed E-state index contributed by atoms with van der Waals surface area (Å²) >= 11 is 0. The molecule has 0 aliphatic heterocycles. The highest BCUT2D eigenvalue weighted by Crippen LogP contribution is 2.19. The molecule has 14 heavy (non-hydrogen) atoms. The van der Waals surface area contributed by atoms with E-state index in [-0.39, 0.29) is 5.41 Å². The predicted octanol–water partition coefficient (Wildman–Crippen LogP) is 3.05. The molecule has 0 radical (unpaired) electrons. The smallest absolute Gasteiger partial charge is 0.0684 e. The first-order valence-corrected chi connectivity index (χ1v) is 5.58. The summed E-state index contributed by atoms with van der Waals surface area (Å²) in [6, 6.07) is 2.94. The molecule has 0 N–H and O–H groups in total. The Morgan fingerprint density at radius 3 is 2.21 bits per heavy atom. The molecule has 0 saturated heterocycles. The van der Waals surface area contributed by atoms with Gasteiger partial charge in [0.25, 0.3) is 0 Å². The van der Waals surface area contributed by atoms with Crippen molar-refractivity contribution >= 4 is 0 Å². The standard InChI is InChI=1S/C12H24N2/c1-6-8-14(11(2)3)9-7-12(4,5)10-13/h11H,6-9H2,1-5H3. The lowest BCUT2D eigenvalue weighted by molar-refractivity contribution is 0.199. The molecule has 0 fully saturated rings. The van der Waals surface area contributed by atoms with E-state index < -0.39 is 0 Å². The summed E-state index contributed by atoms with van der Waals surface area (Å²) < 4.78 is 0. The monoisotopic (exact) mass is 196 g/mol. The predicted molar refractivity (Wildman–Crippen MR) is 61.0 cm³/mol. The zero-order chi connectivity index (χ0) is 11.2. The van der Waals surface area contributed by atoms with Crippen LogP contribution in [0.4, 0.5) is 0 Å². The van der Waals surface area contributed by atoms with Crippen molar-refractivity contribution in [2.75, 3.05) is 13.1 Å². The quantitative estimate of drug-likeness (QED) is 0.653. The highest BCUT2D eigenvalue weighted by molar-refractivity contribution is 4.92. The summed E-state index contributed by atoms with van der Waals surface area (Å²) in [5.74, 6) is 0. The van der Waals surface area contributed by atoms with Gasteiger partial charge in [0.2, 0.25) is 0 Å². The van der Waals surface area contributed by atoms with E-state index in [9.17, 15) is 0 Å². The van der Waals surface area contributed by atoms with Crippen LogP contribution >= 0.6 is 0 Å². The van der Waals surface area contributed by atoms with Gasteiger partial charge in [0, 0.05) is 6.04 Å². The molecule has 0 unspecified atom stereocenters. The molecule has 2 heteroatoms. The maximum Gasteiger partial charge on any atom is 0.0684 e. The van der Waals surface area contributed by atoms with Gasteiger partial charge in [0.1, 0.15) is 0 Å². The van der Waals surface area contributed by atoms with Crippen LogP contribution in [0.15, 0.2) is 0 Å². The van der Waals surface area contributed by atoms with Crippen LogP contribution in [-0.2, 0) is 0 Å². The van der Waals surface area contributed by atoms with Crippen molar-refractivity contribution in [1.82, 2.24) is 4.90 Å². The molecule has 0 aromatic heterocycles. The van der Waals surface area contributed by atoms with E-state index in [1.807, 2.05) is 13.8 Å². The van der Waals surface area contributed by atoms with E-state index >= 15 is 0 Å². The minimum Gasteiger partial charge on any atom is -0.301 e. The molecule has 0 aliphatic carbocycles. The van der Waals surface area contributed by atoms with E-state index in [0.29, 0.717) is 6.04 Å². The largest absolute Gasteiger partial charge is 0.301 e. The maximum absolute atomic E-state index is 8.91. The van der Waals surface area contributed by atoms with Crippen molar-refractivity contribution < 1.29 is 0 Å². The molecule has 0 heterocycles. The Kier molecular flexibility index (Phi) is 5.79. The zero-order valence-electron chi connectivity index (χ0n) is 10.3. The molecule has 0 spiro atoms. The average molecular weight is 196 g/mol. The van der Waals surface area contributed by atoms with Gasteiger partial charge >= 0.3 is 0 Å². The number of hydrogen-bond acceptors (Lipinski definition) is 2. The first-order chi connectivity index (χ1) is 6.43. The van der Waals surface area contributed by atoms with Crippen molar-refractivity contribution in [3.8, 4) is 6.07 Å². The maximum atomic E-state index is 8.91. The van der Waals surface area contributed by atoms with Crippen LogP contribution in [0.1, 0.15) is 47.5 Å². The molecular weight excluding hydrogens is 172 g/mol. The normalized spacial score (nSPS) is 12.1. The molecule has 0 atom stereocenters. The van der Waals surface area contributed by atoms with Crippen LogP contribution in [0.25, 0.3) is 0 Å². The van der Waals surface area contributed by atoms with Gasteiger partial charge in [-0.1, -0.05) is 6.92 Å². The van der Waals surface area contributed by atoms with Gasteiger partial charge in [-0.05, 0) is 53.6 Å². The molecule has 0 aliphatic rings. The average Bonchev–Trinajstić information content (AvgIpc) is 2.12. The minimum atomic E-state index is -0.180. The van der Waals surface area contributed by atoms with Gasteiger partial charge in [-0.15, -0.1) is 0 Å². The van der Waals surface area contributed by atoms with E-state index in [0.717, 1.165) is 19.5 Å². The first kappa shape index (κ1) is 13.4. The first-order valence-electron chi connectivity index (χ1n) is 5.58. The molecular formula is C12H24N2. The Morgan fingerprint density at radius 1 is 1.29 bits per heavy atom. The summed E-state index contributed by atoms with van der Waals surface area (Å²) in [5, 5.41) is 8.91. The van der Waals surface area contributed by atoms with Gasteiger partial charge in [0.05, 0.1) is 11.5 Å². The lowest BCUT2D eigenvalue weighted by Crippen LogP contribution is -2.34. The van der Waals surface area contributed by atoms with E-state index in [1.54, 1.807) is 0 Å². The SMILES string of the molecule is CCCN(CCC(C)(C)C#N)C(C)C. The Hall–Kier alpha value is -0.550. The van der Waals surface area contributed by atoms with Crippen molar-refractivity contribution in [3.63, 3.8) is 0 Å². The van der Waals surface area contributed by atoms with Crippen molar-refractivity contribution in [2.24, 2.45) is 5.41 Å². The van der Waals surface area contributed by atoms with Crippen LogP contribution in [0.3, 0.4) is 0 Å². The summed E-state index contributed by atoms with van der Waals surface area (Å²) in [4.78, 5) is 2.44. The molecule has 0 saturated carbocycles. The van der Waals surface area contributed by atoms with Crippen LogP contribution in [-0.4, -0.2) is 24.0 Å². The van der Waals surface area contributed by atoms with Crippen LogP contribution in [0.5, 0.6) is 0 Å². The molecule has 0 aromatic rings. The van der Waals surface area contributed by atoms with Crippen LogP contribution in [0, 0.1) is 16.7 Å². The number of hydrogen-bond donors (Lipinski definition) is 0. The highest BCUT2D eigenvalue weighted by atomic mass is 15.1. The van der Waals surface area contributed by atoms with Crippen molar-refractivity contribution in [3.05, 3.63) is 0 Å². The fourth-order valence-corrected chi connectivity index (χ4v) is 1.39. The molecule has 0 rings (SSSR count). The van der Waals surface area contributed by atoms with Crippen molar-refractivity contribution in [1.29, 1.82) is 5.26 Å². The number of nitriles is 1. The summed E-state index contributed by atoms with van der Waals surface area (Å²) in [5.41, 5.74) is -0.180. The summed E-state index contributed by atoms with van der Waals surface area (Å²) in [6.45, 7) is 12.8. The van der Waals surface area contributed by atoms with Gasteiger partial charge in [-0.3, -0.25) is 0 Å². The second-order valence-corrected chi connectivity index (χ2v) is 4.88. The number of nitrogens with zero attached hydrogens (tertiary/aromatic N) is 2. The third-order valence-electron chi connectivity index (χ3n) is 2.57. The zero-order valence-corrected chi connectivity index (χ0v) is 10.3. The number of rotatable bonds is 6. The molecule has 2 nitrogen and oxygen atoms in total. The van der Waals surface area contributed by atoms with Crippen LogP contribution in [0.2, 0.25) is 0 Å². The molecule has 0 amide bonds. The Morgan fingerprint density at radius 2 is 1.86 bits per heavy atom. The molecule has 0 bridgehead atoms. The van der Waals surface area contributed by atoms with Crippen LogP contribution < -0.4 is 0 Å². The van der Waals surface area contributed by atoms with Gasteiger partial charge < -0.3 is 4.90 Å². The van der Waals surface area contributed by atoms with E-state index in [4.69, 9.17) is 5.26 Å². The topological polar surface area (TPSA) is 27.0 Å². The summed E-state index contributed by atoms with van der Waals surface area (Å²) in [6.07, 6.45) is 2.15. The Labute approximate surface area is 88.9 Å². The van der Waals surface area contributed by atoms with Gasteiger partial charge in [-0.25, -0.2) is 0 Å². The van der Waals surface area contributed by atoms with Gasteiger partial charge in [0.15, 0.2) is 0 Å². The lowest BCUT2D eigenvalue weighted by atomic mass is 9.91. The Bertz CT molecular complexity index is 189. The molecule has 0 aromatic carbocycles. The second-order valence-electron chi connectivity index (χ2n) is 4.88. The minimum absolute atomic E-state index is 0.180. The fourth-order valence-electron chi connectivity index (χ4n) is 1.39.